The molecule has 1 aliphatic rings. The maximum Gasteiger partial charge on any atom is 0.243 e. The Labute approximate surface area is 102 Å². The number of nitrogens with zero attached hydrogens (tertiary/aromatic N) is 2. The maximum atomic E-state index is 12.3. The number of carbonyl (C=O) groups excluding carboxylic acids is 1. The molecule has 17 heavy (non-hydrogen) atoms. The molecule has 1 atom stereocenters. The first-order chi connectivity index (χ1) is 8.29. The van der Waals surface area contributed by atoms with Gasteiger partial charge in [-0.25, -0.2) is 0 Å². The minimum atomic E-state index is -0.0392. The van der Waals surface area contributed by atoms with Gasteiger partial charge < -0.3 is 10.2 Å². The minimum Gasteiger partial charge on any atom is -0.313 e. The lowest BCUT2D eigenvalue weighted by molar-refractivity contribution is -0.120. The molecule has 0 spiro atoms. The average molecular weight is 233 g/mol. The van der Waals surface area contributed by atoms with Crippen molar-refractivity contribution in [2.45, 2.75) is 31.7 Å². The van der Waals surface area contributed by atoms with Gasteiger partial charge in [0.15, 0.2) is 0 Å². The van der Waals surface area contributed by atoms with Crippen molar-refractivity contribution in [2.75, 3.05) is 18.5 Å². The summed E-state index contributed by atoms with van der Waals surface area (Å²) in [7, 11) is 1.81. The standard InChI is InChI=1S/C13H19N3O/c1-16(11-6-5-8-14-10-11)13(17)12-7-3-2-4-9-15-12/h5-6,8,10,12,15H,2-4,7,9H2,1H3. The van der Waals surface area contributed by atoms with E-state index in [4.69, 9.17) is 0 Å². The van der Waals surface area contributed by atoms with Crippen molar-refractivity contribution in [3.63, 3.8) is 0 Å². The van der Waals surface area contributed by atoms with Crippen LogP contribution in [0, 0.1) is 0 Å². The molecule has 1 aromatic rings. The Kier molecular flexibility index (Phi) is 4.09. The number of pyridine rings is 1. The second-order valence-electron chi connectivity index (χ2n) is 4.46. The summed E-state index contributed by atoms with van der Waals surface area (Å²) >= 11 is 0. The van der Waals surface area contributed by atoms with Crippen LogP contribution < -0.4 is 10.2 Å². The minimum absolute atomic E-state index is 0.0392. The van der Waals surface area contributed by atoms with E-state index in [0.29, 0.717) is 0 Å². The first-order valence-electron chi connectivity index (χ1n) is 6.20. The summed E-state index contributed by atoms with van der Waals surface area (Å²) in [4.78, 5) is 18.0. The number of amides is 1. The van der Waals surface area contributed by atoms with E-state index in [1.54, 1.807) is 17.3 Å². The first kappa shape index (κ1) is 12.0. The summed E-state index contributed by atoms with van der Waals surface area (Å²) in [6.07, 6.45) is 7.88. The van der Waals surface area contributed by atoms with Gasteiger partial charge in [0.1, 0.15) is 0 Å². The Balaban J connectivity index is 2.03. The molecule has 1 fully saturated rings. The molecule has 1 saturated heterocycles. The molecule has 1 aliphatic heterocycles. The molecule has 4 heteroatoms. The second kappa shape index (κ2) is 5.77. The van der Waals surface area contributed by atoms with Gasteiger partial charge >= 0.3 is 0 Å². The van der Waals surface area contributed by atoms with Gasteiger partial charge in [-0.05, 0) is 31.5 Å². The van der Waals surface area contributed by atoms with Crippen molar-refractivity contribution >= 4 is 11.6 Å². The zero-order valence-corrected chi connectivity index (χ0v) is 10.2. The number of hydrogen-bond donors (Lipinski definition) is 1. The van der Waals surface area contributed by atoms with E-state index in [9.17, 15) is 4.79 Å². The predicted octanol–water partition coefficient (Wildman–Crippen LogP) is 1.58. The van der Waals surface area contributed by atoms with E-state index >= 15 is 0 Å². The fraction of sp³-hybridized carbons (Fsp3) is 0.538. The number of anilines is 1. The van der Waals surface area contributed by atoms with E-state index in [-0.39, 0.29) is 11.9 Å². The zero-order valence-electron chi connectivity index (χ0n) is 10.2. The fourth-order valence-electron chi connectivity index (χ4n) is 2.15. The summed E-state index contributed by atoms with van der Waals surface area (Å²) in [5, 5.41) is 3.32. The predicted molar refractivity (Wildman–Crippen MR) is 67.9 cm³/mol. The van der Waals surface area contributed by atoms with Crippen LogP contribution in [0.25, 0.3) is 0 Å². The van der Waals surface area contributed by atoms with E-state index in [1.165, 1.54) is 12.8 Å². The first-order valence-corrected chi connectivity index (χ1v) is 6.20. The molecule has 1 amide bonds. The Morgan fingerprint density at radius 1 is 1.47 bits per heavy atom. The Bertz CT molecular complexity index is 358. The number of aromatic nitrogens is 1. The van der Waals surface area contributed by atoms with Crippen LogP contribution in [0.2, 0.25) is 0 Å². The summed E-state index contributed by atoms with van der Waals surface area (Å²) in [5.41, 5.74) is 0.851. The van der Waals surface area contributed by atoms with Crippen molar-refractivity contribution in [3.05, 3.63) is 24.5 Å². The number of nitrogens with one attached hydrogen (secondary N) is 1. The van der Waals surface area contributed by atoms with Gasteiger partial charge in [-0.2, -0.15) is 0 Å². The van der Waals surface area contributed by atoms with Crippen LogP contribution in [0.3, 0.4) is 0 Å². The molecule has 0 saturated carbocycles. The monoisotopic (exact) mass is 233 g/mol. The van der Waals surface area contributed by atoms with Crippen molar-refractivity contribution in [3.8, 4) is 0 Å². The SMILES string of the molecule is CN(C(=O)C1CCCCCN1)c1cccnc1. The number of rotatable bonds is 2. The highest BCUT2D eigenvalue weighted by Crippen LogP contribution is 2.15. The molecule has 1 N–H and O–H groups in total. The normalized spacial score (nSPS) is 20.6. The summed E-state index contributed by atoms with van der Waals surface area (Å²) in [6.45, 7) is 0.942. The van der Waals surface area contributed by atoms with Gasteiger partial charge in [-0.1, -0.05) is 12.8 Å². The summed E-state index contributed by atoms with van der Waals surface area (Å²) < 4.78 is 0. The van der Waals surface area contributed by atoms with Gasteiger partial charge in [0.05, 0.1) is 17.9 Å². The molecule has 0 aliphatic carbocycles. The van der Waals surface area contributed by atoms with Gasteiger partial charge in [0, 0.05) is 13.2 Å². The van der Waals surface area contributed by atoms with Crippen LogP contribution in [0.1, 0.15) is 25.7 Å². The molecule has 1 aromatic heterocycles. The summed E-state index contributed by atoms with van der Waals surface area (Å²) in [6, 6.07) is 3.71. The van der Waals surface area contributed by atoms with Gasteiger partial charge in [0.25, 0.3) is 0 Å². The van der Waals surface area contributed by atoms with Crippen molar-refractivity contribution in [1.29, 1.82) is 0 Å². The average Bonchev–Trinajstić information content (AvgIpc) is 2.67. The highest BCUT2D eigenvalue weighted by molar-refractivity contribution is 5.96. The highest BCUT2D eigenvalue weighted by Gasteiger charge is 2.23. The van der Waals surface area contributed by atoms with Gasteiger partial charge in [-0.15, -0.1) is 0 Å². The molecule has 2 rings (SSSR count). The van der Waals surface area contributed by atoms with E-state index < -0.39 is 0 Å². The van der Waals surface area contributed by atoms with E-state index in [2.05, 4.69) is 10.3 Å². The van der Waals surface area contributed by atoms with Gasteiger partial charge in [-0.3, -0.25) is 9.78 Å². The third-order valence-electron chi connectivity index (χ3n) is 3.22. The van der Waals surface area contributed by atoms with Gasteiger partial charge in [0.2, 0.25) is 5.91 Å². The Hall–Kier alpha value is -1.42. The van der Waals surface area contributed by atoms with Crippen LogP contribution >= 0.6 is 0 Å². The fourth-order valence-corrected chi connectivity index (χ4v) is 2.15. The maximum absolute atomic E-state index is 12.3. The van der Waals surface area contributed by atoms with Crippen molar-refractivity contribution < 1.29 is 4.79 Å². The third kappa shape index (κ3) is 3.03. The molecule has 0 radical (unpaired) electrons. The van der Waals surface area contributed by atoms with E-state index in [1.807, 2.05) is 19.2 Å². The van der Waals surface area contributed by atoms with Crippen molar-refractivity contribution in [1.82, 2.24) is 10.3 Å². The molecule has 2 heterocycles. The topological polar surface area (TPSA) is 45.2 Å². The van der Waals surface area contributed by atoms with Crippen LogP contribution in [-0.4, -0.2) is 30.5 Å². The third-order valence-corrected chi connectivity index (χ3v) is 3.22. The molecule has 0 bridgehead atoms. The zero-order chi connectivity index (χ0) is 12.1. The summed E-state index contributed by atoms with van der Waals surface area (Å²) in [5.74, 6) is 0.139. The number of hydrogen-bond acceptors (Lipinski definition) is 3. The second-order valence-corrected chi connectivity index (χ2v) is 4.46. The van der Waals surface area contributed by atoms with E-state index in [0.717, 1.165) is 25.1 Å². The number of carbonyl (C=O) groups is 1. The lowest BCUT2D eigenvalue weighted by Crippen LogP contribution is -2.44. The van der Waals surface area contributed by atoms with Crippen LogP contribution in [0.15, 0.2) is 24.5 Å². The molecular weight excluding hydrogens is 214 g/mol. The molecular formula is C13H19N3O. The molecule has 0 aromatic carbocycles. The lowest BCUT2D eigenvalue weighted by Gasteiger charge is -2.23. The Morgan fingerprint density at radius 2 is 2.35 bits per heavy atom. The van der Waals surface area contributed by atoms with Crippen LogP contribution in [-0.2, 0) is 4.79 Å². The van der Waals surface area contributed by atoms with Crippen LogP contribution in [0.5, 0.6) is 0 Å². The highest BCUT2D eigenvalue weighted by atomic mass is 16.2. The molecule has 92 valence electrons. The van der Waals surface area contributed by atoms with Crippen LogP contribution in [0.4, 0.5) is 5.69 Å². The lowest BCUT2D eigenvalue weighted by atomic mass is 10.1. The van der Waals surface area contributed by atoms with Crippen molar-refractivity contribution in [2.24, 2.45) is 0 Å². The molecule has 4 nitrogen and oxygen atoms in total. The quantitative estimate of drug-likeness (QED) is 0.843. The molecule has 1 unspecified atom stereocenters. The Morgan fingerprint density at radius 3 is 3.12 bits per heavy atom. The largest absolute Gasteiger partial charge is 0.313 e. The smallest absolute Gasteiger partial charge is 0.243 e. The number of likely N-dealkylation sites (N-methyl/N-ethyl adjacent to an activating group) is 1.